The van der Waals surface area contributed by atoms with Gasteiger partial charge in [0, 0.05) is 36.5 Å². The number of amides is 1. The van der Waals surface area contributed by atoms with Gasteiger partial charge in [0.25, 0.3) is 0 Å². The predicted octanol–water partition coefficient (Wildman–Crippen LogP) is 1.26. The average Bonchev–Trinajstić information content (AvgIpc) is 3.10. The van der Waals surface area contributed by atoms with E-state index in [1.165, 1.54) is 11.1 Å². The van der Waals surface area contributed by atoms with Crippen LogP contribution in [0.25, 0.3) is 0 Å². The van der Waals surface area contributed by atoms with Gasteiger partial charge in [0.2, 0.25) is 5.91 Å². The Morgan fingerprint density at radius 2 is 2.11 bits per heavy atom. The number of aliphatic hydroxyl groups excluding tert-OH is 1. The van der Waals surface area contributed by atoms with Crippen LogP contribution in [-0.4, -0.2) is 59.5 Å². The lowest BCUT2D eigenvalue weighted by molar-refractivity contribution is -0.156. The molecule has 4 aliphatic heterocycles. The molecular formula is C21H27ClN2O4. The van der Waals surface area contributed by atoms with Crippen molar-refractivity contribution >= 4 is 24.0 Å². The number of ether oxygens (including phenoxy) is 1. The van der Waals surface area contributed by atoms with Crippen LogP contribution < -0.4 is 4.90 Å². The normalized spacial score (nSPS) is 39.7. The van der Waals surface area contributed by atoms with Gasteiger partial charge in [-0.05, 0) is 36.9 Å². The third-order valence-electron chi connectivity index (χ3n) is 7.77. The second-order valence-electron chi connectivity index (χ2n) is 8.55. The molecule has 6 atom stereocenters. The zero-order valence-electron chi connectivity index (χ0n) is 15.9. The van der Waals surface area contributed by atoms with Crippen molar-refractivity contribution in [1.82, 2.24) is 4.90 Å². The molecule has 1 aliphatic carbocycles. The number of anilines is 1. The second kappa shape index (κ2) is 6.54. The van der Waals surface area contributed by atoms with Gasteiger partial charge in [0.05, 0.1) is 12.6 Å². The fraction of sp³-hybridized carbons (Fsp3) is 0.571. The smallest absolute Gasteiger partial charge is 0.224 e. The first kappa shape index (κ1) is 19.9. The minimum atomic E-state index is -0.820. The van der Waals surface area contributed by atoms with Crippen molar-refractivity contribution in [2.45, 2.75) is 43.6 Å². The highest BCUT2D eigenvalue weighted by Crippen LogP contribution is 2.64. The molecule has 3 fully saturated rings. The van der Waals surface area contributed by atoms with Gasteiger partial charge in [-0.15, -0.1) is 12.4 Å². The molecule has 7 heteroatoms. The minimum absolute atomic E-state index is 0. The maximum atomic E-state index is 12.8. The third-order valence-corrected chi connectivity index (χ3v) is 7.77. The van der Waals surface area contributed by atoms with Crippen LogP contribution in [0.2, 0.25) is 0 Å². The summed E-state index contributed by atoms with van der Waals surface area (Å²) in [6, 6.07) is 8.83. The highest BCUT2D eigenvalue weighted by Gasteiger charge is 2.69. The van der Waals surface area contributed by atoms with Gasteiger partial charge in [-0.3, -0.25) is 9.69 Å². The highest BCUT2D eigenvalue weighted by molar-refractivity contribution is 5.96. The Morgan fingerprint density at radius 1 is 1.32 bits per heavy atom. The minimum Gasteiger partial charge on any atom is -0.412 e. The van der Waals surface area contributed by atoms with Gasteiger partial charge in [-0.1, -0.05) is 29.8 Å². The zero-order valence-corrected chi connectivity index (χ0v) is 16.7. The molecule has 0 unspecified atom stereocenters. The number of nitrogens with zero attached hydrogens (tertiary/aromatic N) is 2. The van der Waals surface area contributed by atoms with E-state index in [9.17, 15) is 9.90 Å². The first-order valence-electron chi connectivity index (χ1n) is 9.75. The summed E-state index contributed by atoms with van der Waals surface area (Å²) in [5.74, 6) is 0.317. The molecule has 152 valence electrons. The molecule has 1 saturated carbocycles. The number of piperidine rings is 1. The van der Waals surface area contributed by atoms with E-state index in [4.69, 9.17) is 4.74 Å². The SMILES string of the molecule is CC(=O)N1c2ccccc2[C@@]23CCN4CC5=CCO[C@@H](O)[C@@H]([C@H]12)[C@H]5C[C@H]43.Cl.O. The van der Waals surface area contributed by atoms with Crippen molar-refractivity contribution in [3.8, 4) is 0 Å². The van der Waals surface area contributed by atoms with Crippen molar-refractivity contribution in [2.75, 3.05) is 24.6 Å². The van der Waals surface area contributed by atoms with Crippen LogP contribution in [-0.2, 0) is 14.9 Å². The van der Waals surface area contributed by atoms with Crippen molar-refractivity contribution in [1.29, 1.82) is 0 Å². The molecule has 3 N–H and O–H groups in total. The van der Waals surface area contributed by atoms with Gasteiger partial charge in [-0.2, -0.15) is 0 Å². The van der Waals surface area contributed by atoms with E-state index in [0.717, 1.165) is 31.6 Å². The molecule has 1 amide bonds. The number of halogens is 1. The van der Waals surface area contributed by atoms with Crippen LogP contribution in [0.1, 0.15) is 25.3 Å². The fourth-order valence-corrected chi connectivity index (χ4v) is 6.99. The molecule has 1 spiro atoms. The fourth-order valence-electron chi connectivity index (χ4n) is 6.99. The first-order valence-corrected chi connectivity index (χ1v) is 9.75. The first-order chi connectivity index (χ1) is 12.6. The summed E-state index contributed by atoms with van der Waals surface area (Å²) in [7, 11) is 0. The number of para-hydroxylation sites is 1. The number of fused-ring (bicyclic) bond motifs is 2. The molecule has 1 aromatic rings. The molecule has 0 radical (unpaired) electrons. The molecule has 1 aromatic carbocycles. The summed E-state index contributed by atoms with van der Waals surface area (Å²) in [6.45, 7) is 4.18. The lowest BCUT2D eigenvalue weighted by atomic mass is 9.55. The van der Waals surface area contributed by atoms with Gasteiger partial charge >= 0.3 is 0 Å². The molecule has 0 aromatic heterocycles. The Labute approximate surface area is 170 Å². The molecule has 4 heterocycles. The van der Waals surface area contributed by atoms with E-state index in [1.54, 1.807) is 6.92 Å². The van der Waals surface area contributed by atoms with Crippen LogP contribution in [0.3, 0.4) is 0 Å². The maximum Gasteiger partial charge on any atom is 0.224 e. The molecule has 2 saturated heterocycles. The summed E-state index contributed by atoms with van der Waals surface area (Å²) in [5, 5.41) is 11.0. The lowest BCUT2D eigenvalue weighted by Crippen LogP contribution is -2.66. The van der Waals surface area contributed by atoms with Gasteiger partial charge < -0.3 is 20.2 Å². The molecule has 6 rings (SSSR count). The number of hydrogen-bond acceptors (Lipinski definition) is 4. The van der Waals surface area contributed by atoms with Crippen LogP contribution in [0, 0.1) is 11.8 Å². The lowest BCUT2D eigenvalue weighted by Gasteiger charge is -2.56. The third kappa shape index (κ3) is 2.15. The Bertz CT molecular complexity index is 845. The van der Waals surface area contributed by atoms with Crippen molar-refractivity contribution in [2.24, 2.45) is 11.8 Å². The van der Waals surface area contributed by atoms with Crippen molar-refractivity contribution < 1.29 is 20.1 Å². The molecule has 2 bridgehead atoms. The number of carbonyl (C=O) groups excluding carboxylic acids is 1. The molecule has 28 heavy (non-hydrogen) atoms. The Morgan fingerprint density at radius 3 is 2.89 bits per heavy atom. The summed E-state index contributed by atoms with van der Waals surface area (Å²) in [4.78, 5) is 17.4. The summed E-state index contributed by atoms with van der Waals surface area (Å²) in [5.41, 5.74) is 3.66. The van der Waals surface area contributed by atoms with E-state index in [1.807, 2.05) is 11.0 Å². The second-order valence-corrected chi connectivity index (χ2v) is 8.55. The van der Waals surface area contributed by atoms with E-state index in [2.05, 4.69) is 29.2 Å². The van der Waals surface area contributed by atoms with E-state index >= 15 is 0 Å². The molecule has 6 nitrogen and oxygen atoms in total. The van der Waals surface area contributed by atoms with Crippen molar-refractivity contribution in [3.05, 3.63) is 41.5 Å². The average molecular weight is 407 g/mol. The largest absolute Gasteiger partial charge is 0.412 e. The summed E-state index contributed by atoms with van der Waals surface area (Å²) >= 11 is 0. The predicted molar refractivity (Wildman–Crippen MR) is 108 cm³/mol. The van der Waals surface area contributed by atoms with Gasteiger partial charge in [0.1, 0.15) is 0 Å². The van der Waals surface area contributed by atoms with E-state index in [-0.39, 0.29) is 41.2 Å². The zero-order chi connectivity index (χ0) is 17.6. The van der Waals surface area contributed by atoms with E-state index in [0.29, 0.717) is 18.6 Å². The van der Waals surface area contributed by atoms with Crippen LogP contribution in [0.15, 0.2) is 35.9 Å². The standard InChI is InChI=1S/C21H24N2O3.ClH.H2O/c1-12(24)23-16-5-3-2-4-15(16)21-7-8-22-11-13-6-9-26-20(25)18(19(21)23)14(13)10-17(21)22;;/h2-6,14,17-20,25H,7-11H2,1H3;1H;1H2/t14-,17-,18+,19-,20+,21+;;/m0../s1. The Balaban J connectivity index is 0.000000961. The van der Waals surface area contributed by atoms with Crippen LogP contribution in [0.5, 0.6) is 0 Å². The van der Waals surface area contributed by atoms with Crippen molar-refractivity contribution in [3.63, 3.8) is 0 Å². The Hall–Kier alpha value is -1.44. The molecular weight excluding hydrogens is 380 g/mol. The number of hydrogen-bond donors (Lipinski definition) is 1. The quantitative estimate of drug-likeness (QED) is 0.657. The Kier molecular flexibility index (Phi) is 4.64. The number of rotatable bonds is 0. The summed E-state index contributed by atoms with van der Waals surface area (Å²) in [6.07, 6.45) is 3.47. The van der Waals surface area contributed by atoms with Gasteiger partial charge in [0.15, 0.2) is 6.29 Å². The van der Waals surface area contributed by atoms with Crippen LogP contribution >= 0.6 is 12.4 Å². The van der Waals surface area contributed by atoms with Gasteiger partial charge in [-0.25, -0.2) is 0 Å². The van der Waals surface area contributed by atoms with Crippen LogP contribution in [0.4, 0.5) is 5.69 Å². The topological polar surface area (TPSA) is 84.5 Å². The van der Waals surface area contributed by atoms with E-state index < -0.39 is 6.29 Å². The molecule has 5 aliphatic rings. The maximum absolute atomic E-state index is 12.8. The number of benzene rings is 1. The highest BCUT2D eigenvalue weighted by atomic mass is 35.5. The number of aliphatic hydroxyl groups is 1. The monoisotopic (exact) mass is 406 g/mol. The number of carbonyl (C=O) groups is 1. The summed E-state index contributed by atoms with van der Waals surface area (Å²) < 4.78 is 5.78.